The minimum atomic E-state index is -1.50. The summed E-state index contributed by atoms with van der Waals surface area (Å²) in [6.07, 6.45) is 14.0. The van der Waals surface area contributed by atoms with Gasteiger partial charge in [0.05, 0.1) is 31.9 Å². The monoisotopic (exact) mass is 968 g/mol. The van der Waals surface area contributed by atoms with E-state index in [1.54, 1.807) is 0 Å². The molecule has 0 aliphatic carbocycles. The summed E-state index contributed by atoms with van der Waals surface area (Å²) in [6, 6.07) is 0.668. The first kappa shape index (κ1) is 57.5. The summed E-state index contributed by atoms with van der Waals surface area (Å²) in [5.41, 5.74) is 0.717. The van der Waals surface area contributed by atoms with Gasteiger partial charge >= 0.3 is 0 Å². The Bertz CT molecular complexity index is 2030. The molecule has 1 unspecified atom stereocenters. The van der Waals surface area contributed by atoms with Crippen LogP contribution in [0.25, 0.3) is 11.1 Å². The first-order chi connectivity index (χ1) is 32.8. The molecule has 3 rings (SSSR count). The van der Waals surface area contributed by atoms with Gasteiger partial charge in [0, 0.05) is 38.1 Å². The van der Waals surface area contributed by atoms with E-state index >= 15 is 0 Å². The highest BCUT2D eigenvalue weighted by molar-refractivity contribution is 5.97. The van der Waals surface area contributed by atoms with Crippen molar-refractivity contribution in [3.8, 4) is 22.6 Å². The lowest BCUT2D eigenvalue weighted by molar-refractivity contribution is -0.142. The molecule has 19 nitrogen and oxygen atoms in total. The lowest BCUT2D eigenvalue weighted by Gasteiger charge is -2.30. The number of unbranched alkanes of at least 4 members (excludes halogenated alkanes) is 12. The Hall–Kier alpha value is -5.79. The maximum atomic E-state index is 14.1. The average Bonchev–Trinajstić information content (AvgIpc) is 3.31. The van der Waals surface area contributed by atoms with Crippen molar-refractivity contribution in [1.29, 1.82) is 0 Å². The zero-order valence-electron chi connectivity index (χ0n) is 41.2. The summed E-state index contributed by atoms with van der Waals surface area (Å²) in [7, 11) is 2.69. The van der Waals surface area contributed by atoms with Crippen molar-refractivity contribution in [3.05, 3.63) is 47.5 Å². The topological polar surface area (TPSA) is 287 Å². The van der Waals surface area contributed by atoms with Crippen LogP contribution in [0.4, 0.5) is 0 Å². The fourth-order valence-electron chi connectivity index (χ4n) is 8.10. The minimum absolute atomic E-state index is 0.0566. The molecule has 2 aromatic rings. The molecule has 2 aromatic carbocycles. The Kier molecular flexibility index (Phi) is 24.4. The Morgan fingerprint density at radius 3 is 1.86 bits per heavy atom. The van der Waals surface area contributed by atoms with Gasteiger partial charge in [-0.15, -0.1) is 0 Å². The van der Waals surface area contributed by atoms with E-state index in [1.165, 1.54) is 129 Å². The summed E-state index contributed by atoms with van der Waals surface area (Å²) in [5, 5.41) is 64.4. The van der Waals surface area contributed by atoms with E-state index in [0.29, 0.717) is 12.0 Å². The number of aliphatic hydroxyl groups excluding tert-OH is 3. The number of fused-ring (bicyclic) bond motifs is 5. The van der Waals surface area contributed by atoms with Crippen LogP contribution < -0.4 is 26.6 Å². The Morgan fingerprint density at radius 2 is 1.29 bits per heavy atom. The molecule has 1 heterocycles. The number of hydrogen-bond donors (Lipinski definition) is 10. The van der Waals surface area contributed by atoms with Gasteiger partial charge < -0.3 is 61.9 Å². The van der Waals surface area contributed by atoms with Crippen molar-refractivity contribution in [3.63, 3.8) is 0 Å². The maximum absolute atomic E-state index is 14.1. The van der Waals surface area contributed by atoms with Gasteiger partial charge in [0.2, 0.25) is 41.4 Å². The fraction of sp³-hybridized carbons (Fsp3) is 0.620. The Balaban J connectivity index is 1.66. The van der Waals surface area contributed by atoms with Crippen LogP contribution in [0.1, 0.15) is 135 Å². The molecular weight excluding hydrogens is 891 g/mol. The fourth-order valence-corrected chi connectivity index (χ4v) is 8.10. The van der Waals surface area contributed by atoms with Crippen LogP contribution in [-0.4, -0.2) is 147 Å². The third-order valence-corrected chi connectivity index (χ3v) is 12.6. The molecule has 0 radical (unpaired) electrons. The molecule has 1 aliphatic heterocycles. The lowest BCUT2D eigenvalue weighted by Crippen LogP contribution is -2.57. The normalized spacial score (nSPS) is 17.7. The number of nitrogens with one attached hydrogen (secondary N) is 5. The van der Waals surface area contributed by atoms with Crippen molar-refractivity contribution in [2.45, 2.75) is 166 Å². The molecule has 0 saturated carbocycles. The largest absolute Gasteiger partial charge is 0.507 e. The molecule has 69 heavy (non-hydrogen) atoms. The summed E-state index contributed by atoms with van der Waals surface area (Å²) < 4.78 is 0. The smallest absolute Gasteiger partial charge is 0.248 e. The van der Waals surface area contributed by atoms with Gasteiger partial charge in [0.1, 0.15) is 41.7 Å². The van der Waals surface area contributed by atoms with Crippen molar-refractivity contribution < 1.29 is 59.1 Å². The van der Waals surface area contributed by atoms with Gasteiger partial charge in [-0.05, 0) is 62.6 Å². The highest BCUT2D eigenvalue weighted by Crippen LogP contribution is 2.38. The van der Waals surface area contributed by atoms with Crippen molar-refractivity contribution in [2.75, 3.05) is 33.9 Å². The van der Waals surface area contributed by atoms with E-state index in [-0.39, 0.29) is 46.9 Å². The zero-order valence-corrected chi connectivity index (χ0v) is 41.2. The number of rotatable bonds is 26. The first-order valence-corrected chi connectivity index (χ1v) is 24.4. The van der Waals surface area contributed by atoms with Gasteiger partial charge in [-0.3, -0.25) is 33.6 Å². The third-order valence-electron chi connectivity index (χ3n) is 12.6. The van der Waals surface area contributed by atoms with Crippen LogP contribution in [0.3, 0.4) is 0 Å². The van der Waals surface area contributed by atoms with Crippen LogP contribution >= 0.6 is 0 Å². The number of amides is 7. The van der Waals surface area contributed by atoms with E-state index in [1.807, 2.05) is 0 Å². The highest BCUT2D eigenvalue weighted by Gasteiger charge is 2.34. The van der Waals surface area contributed by atoms with Crippen LogP contribution in [-0.2, 0) is 40.0 Å². The van der Waals surface area contributed by atoms with E-state index in [4.69, 9.17) is 0 Å². The SMILES string of the molecule is CCCCCCCCCCCCCCCC(=O)N(C)[C@H](CO)C(=O)N[C@H](C)C(=O)NCC(=O)N(C)[C@@H]1C(=O)N[C@@H](C)C(=O)N[C@H](C(=O)N[C@H](CO)C(C)O)Cc2ccc(O)c(c2)-c2cc1ccc2O. The molecule has 10 N–H and O–H groups in total. The molecule has 7 amide bonds. The molecular formula is C50H77N7O12. The predicted octanol–water partition coefficient (Wildman–Crippen LogP) is 2.59. The number of nitrogens with zero attached hydrogens (tertiary/aromatic N) is 2. The average molecular weight is 968 g/mol. The van der Waals surface area contributed by atoms with E-state index in [0.717, 1.165) is 29.1 Å². The minimum Gasteiger partial charge on any atom is -0.507 e. The zero-order chi connectivity index (χ0) is 51.2. The molecule has 0 fully saturated rings. The van der Waals surface area contributed by atoms with Crippen LogP contribution in [0.5, 0.6) is 11.5 Å². The second-order valence-corrected chi connectivity index (χ2v) is 18.2. The standard InChI is InChI=1S/C50H77N7O12/c1-7-8-9-10-11-12-13-14-15-16-17-18-19-20-43(63)56(5)40(30-59)49(68)52-31(2)46(65)51-28-44(64)57(6)45-35-22-24-42(62)37(27-35)36-25-34(21-23-41(36)61)26-38(48(67)55-39(29-58)33(4)60)54-47(66)32(3)53-50(45)69/h21-25,27,31-33,38-40,45,58-62H,7-20,26,28-30H2,1-6H3,(H,51,65)(H,52,68)(H,53,69)(H,54,66)(H,55,67)/t31-,32+,33?,38+,39-,40-,45+/m1/s1. The molecule has 0 aromatic heterocycles. The Labute approximate surface area is 406 Å². The van der Waals surface area contributed by atoms with Crippen LogP contribution in [0.15, 0.2) is 36.4 Å². The number of likely N-dealkylation sites (N-methyl/N-ethyl adjacent to an activating group) is 2. The summed E-state index contributed by atoms with van der Waals surface area (Å²) in [6.45, 7) is 4.34. The molecule has 0 saturated heterocycles. The Morgan fingerprint density at radius 1 is 0.725 bits per heavy atom. The molecule has 384 valence electrons. The van der Waals surface area contributed by atoms with Gasteiger partial charge in [0.15, 0.2) is 0 Å². The van der Waals surface area contributed by atoms with Gasteiger partial charge in [-0.1, -0.05) is 96.1 Å². The molecule has 7 atom stereocenters. The molecule has 1 aliphatic rings. The predicted molar refractivity (Wildman–Crippen MR) is 259 cm³/mol. The number of carbonyl (C=O) groups is 7. The van der Waals surface area contributed by atoms with Gasteiger partial charge in [-0.25, -0.2) is 0 Å². The summed E-state index contributed by atoms with van der Waals surface area (Å²) in [4.78, 5) is 96.5. The van der Waals surface area contributed by atoms with Crippen molar-refractivity contribution in [1.82, 2.24) is 36.4 Å². The number of benzene rings is 2. The van der Waals surface area contributed by atoms with E-state index in [2.05, 4.69) is 33.5 Å². The van der Waals surface area contributed by atoms with Crippen molar-refractivity contribution >= 4 is 41.4 Å². The van der Waals surface area contributed by atoms with Crippen molar-refractivity contribution in [2.24, 2.45) is 0 Å². The number of carbonyl (C=O) groups excluding carboxylic acids is 7. The number of aliphatic hydroxyl groups is 3. The lowest BCUT2D eigenvalue weighted by atomic mass is 9.93. The number of aromatic hydroxyl groups is 2. The number of phenols is 2. The number of hydrogen-bond acceptors (Lipinski definition) is 12. The van der Waals surface area contributed by atoms with Crippen LogP contribution in [0.2, 0.25) is 0 Å². The maximum Gasteiger partial charge on any atom is 0.248 e. The summed E-state index contributed by atoms with van der Waals surface area (Å²) in [5.74, 6) is -5.70. The first-order valence-electron chi connectivity index (χ1n) is 24.4. The quantitative estimate of drug-likeness (QED) is 0.0610. The van der Waals surface area contributed by atoms with E-state index in [9.17, 15) is 59.1 Å². The second-order valence-electron chi connectivity index (χ2n) is 18.2. The highest BCUT2D eigenvalue weighted by atomic mass is 16.3. The van der Waals surface area contributed by atoms with Gasteiger partial charge in [0.25, 0.3) is 0 Å². The molecule has 0 spiro atoms. The molecule has 19 heteroatoms. The number of phenolic OH excluding ortho intramolecular Hbond substituents is 2. The summed E-state index contributed by atoms with van der Waals surface area (Å²) >= 11 is 0. The van der Waals surface area contributed by atoms with E-state index < -0.39 is 97.6 Å². The molecule has 4 bridgehead atoms. The third kappa shape index (κ3) is 17.9. The van der Waals surface area contributed by atoms with Gasteiger partial charge in [-0.2, -0.15) is 0 Å². The van der Waals surface area contributed by atoms with Crippen LogP contribution in [0, 0.1) is 0 Å². The second kappa shape index (κ2) is 29.3.